The number of amides is 3. The normalized spacial score (nSPS) is 18.5. The maximum absolute atomic E-state index is 11.0. The van der Waals surface area contributed by atoms with E-state index in [4.69, 9.17) is 11.6 Å². The van der Waals surface area contributed by atoms with Crippen LogP contribution in [0.4, 0.5) is 4.79 Å². The molecule has 1 heterocycles. The summed E-state index contributed by atoms with van der Waals surface area (Å²) in [5, 5.41) is -0.773. The molecule has 0 aromatic carbocycles. The van der Waals surface area contributed by atoms with Crippen molar-refractivity contribution in [2.75, 3.05) is 20.1 Å². The quantitative estimate of drug-likeness (QED) is 0.298. The highest BCUT2D eigenvalue weighted by molar-refractivity contribution is 6.63. The van der Waals surface area contributed by atoms with E-state index in [-0.39, 0.29) is 13.1 Å². The Hall–Kier alpha value is -1.10. The van der Waals surface area contributed by atoms with Crippen LogP contribution in [-0.2, 0) is 9.59 Å². The zero-order chi connectivity index (χ0) is 9.30. The summed E-state index contributed by atoms with van der Waals surface area (Å²) in [5.74, 6) is -0.833. The van der Waals surface area contributed by atoms with E-state index in [2.05, 4.69) is 0 Å². The van der Waals surface area contributed by atoms with E-state index in [1.54, 1.807) is 0 Å². The van der Waals surface area contributed by atoms with Crippen LogP contribution in [0.2, 0.25) is 0 Å². The predicted molar refractivity (Wildman–Crippen MR) is 40.6 cm³/mol. The Labute approximate surface area is 73.9 Å². The number of carbonyl (C=O) groups is 3. The number of hydrogen-bond acceptors (Lipinski definition) is 3. The molecular weight excluding hydrogens is 184 g/mol. The molecule has 0 aromatic heterocycles. The van der Waals surface area contributed by atoms with Gasteiger partial charge in [0.1, 0.15) is 13.1 Å². The minimum Gasteiger partial charge on any atom is -0.311 e. The number of rotatable bonds is 0. The molecule has 66 valence electrons. The van der Waals surface area contributed by atoms with Gasteiger partial charge >= 0.3 is 5.37 Å². The maximum atomic E-state index is 11.0. The van der Waals surface area contributed by atoms with Crippen LogP contribution in [0.3, 0.4) is 0 Å². The molecule has 12 heavy (non-hydrogen) atoms. The zero-order valence-electron chi connectivity index (χ0n) is 6.41. The fourth-order valence-corrected chi connectivity index (χ4v) is 0.978. The van der Waals surface area contributed by atoms with Gasteiger partial charge in [0.25, 0.3) is 0 Å². The Morgan fingerprint density at radius 3 is 2.08 bits per heavy atom. The van der Waals surface area contributed by atoms with Crippen molar-refractivity contribution >= 4 is 28.8 Å². The molecule has 6 heteroatoms. The van der Waals surface area contributed by atoms with Gasteiger partial charge in [-0.25, -0.2) is 0 Å². The van der Waals surface area contributed by atoms with Crippen molar-refractivity contribution in [2.24, 2.45) is 0 Å². The first-order valence-corrected chi connectivity index (χ1v) is 3.64. The Bertz CT molecular complexity index is 235. The van der Waals surface area contributed by atoms with Gasteiger partial charge in [0.05, 0.1) is 0 Å². The summed E-state index contributed by atoms with van der Waals surface area (Å²) in [6.45, 7) is -0.241. The number of nitrogens with zero attached hydrogens (tertiary/aromatic N) is 2. The molecule has 5 nitrogen and oxygen atoms in total. The van der Waals surface area contributed by atoms with Crippen molar-refractivity contribution in [3.05, 3.63) is 0 Å². The second kappa shape index (κ2) is 3.10. The van der Waals surface area contributed by atoms with Crippen LogP contribution < -0.4 is 0 Å². The summed E-state index contributed by atoms with van der Waals surface area (Å²) in [6, 6.07) is 0. The molecule has 1 aliphatic rings. The molecule has 1 saturated heterocycles. The molecule has 0 unspecified atom stereocenters. The third kappa shape index (κ3) is 1.55. The first-order valence-electron chi connectivity index (χ1n) is 3.26. The van der Waals surface area contributed by atoms with E-state index >= 15 is 0 Å². The van der Waals surface area contributed by atoms with Crippen molar-refractivity contribution in [1.29, 1.82) is 0 Å². The smallest absolute Gasteiger partial charge is 0.311 e. The number of halogens is 1. The molecule has 0 atom stereocenters. The highest BCUT2D eigenvalue weighted by Crippen LogP contribution is 2.05. The lowest BCUT2D eigenvalue weighted by atomic mass is 10.3. The van der Waals surface area contributed by atoms with Gasteiger partial charge in [-0.2, -0.15) is 0 Å². The maximum Gasteiger partial charge on any atom is 0.317 e. The molecule has 0 saturated carbocycles. The molecule has 0 aliphatic carbocycles. The van der Waals surface area contributed by atoms with Gasteiger partial charge in [-0.1, -0.05) is 0 Å². The van der Waals surface area contributed by atoms with Crippen molar-refractivity contribution in [2.45, 2.75) is 0 Å². The molecule has 0 bridgehead atoms. The lowest BCUT2D eigenvalue weighted by Crippen LogP contribution is -2.52. The predicted octanol–water partition coefficient (Wildman–Crippen LogP) is -0.354. The molecule has 0 aromatic rings. The topological polar surface area (TPSA) is 57.7 Å². The van der Waals surface area contributed by atoms with Gasteiger partial charge in [-0.05, 0) is 11.6 Å². The lowest BCUT2D eigenvalue weighted by molar-refractivity contribution is -0.147. The van der Waals surface area contributed by atoms with Crippen molar-refractivity contribution in [3.8, 4) is 0 Å². The number of carbonyl (C=O) groups excluding carboxylic acids is 3. The third-order valence-electron chi connectivity index (χ3n) is 1.65. The van der Waals surface area contributed by atoms with Crippen LogP contribution >= 0.6 is 11.6 Å². The fourth-order valence-electron chi connectivity index (χ4n) is 0.858. The van der Waals surface area contributed by atoms with E-state index in [1.165, 1.54) is 7.05 Å². The van der Waals surface area contributed by atoms with Gasteiger partial charge in [0, 0.05) is 7.05 Å². The summed E-state index contributed by atoms with van der Waals surface area (Å²) in [7, 11) is 1.38. The largest absolute Gasteiger partial charge is 0.317 e. The Morgan fingerprint density at radius 1 is 1.33 bits per heavy atom. The van der Waals surface area contributed by atoms with Gasteiger partial charge in [-0.3, -0.25) is 19.3 Å². The number of imide groups is 1. The lowest BCUT2D eigenvalue weighted by Gasteiger charge is -2.28. The number of likely N-dealkylation sites (N-methyl/N-ethyl adjacent to an activating group) is 1. The van der Waals surface area contributed by atoms with Gasteiger partial charge in [-0.15, -0.1) is 0 Å². The highest BCUT2D eigenvalue weighted by Gasteiger charge is 2.29. The summed E-state index contributed by atoms with van der Waals surface area (Å²) < 4.78 is 0. The second-order valence-corrected chi connectivity index (χ2v) is 2.78. The number of hydrogen-bond donors (Lipinski definition) is 0. The average Bonchev–Trinajstić information content (AvgIpc) is 1.99. The van der Waals surface area contributed by atoms with E-state index in [1.807, 2.05) is 0 Å². The monoisotopic (exact) mass is 190 g/mol. The van der Waals surface area contributed by atoms with Crippen molar-refractivity contribution in [1.82, 2.24) is 9.80 Å². The summed E-state index contributed by atoms with van der Waals surface area (Å²) in [4.78, 5) is 34.5. The molecule has 0 radical (unpaired) electrons. The summed E-state index contributed by atoms with van der Waals surface area (Å²) in [6.07, 6.45) is 0. The Morgan fingerprint density at radius 2 is 1.75 bits per heavy atom. The summed E-state index contributed by atoms with van der Waals surface area (Å²) in [5.41, 5.74) is 0. The SMILES string of the molecule is CN1C(=O)CN(C(=O)Cl)CC1=O. The van der Waals surface area contributed by atoms with Crippen molar-refractivity contribution in [3.63, 3.8) is 0 Å². The van der Waals surface area contributed by atoms with Crippen LogP contribution in [0.5, 0.6) is 0 Å². The zero-order valence-corrected chi connectivity index (χ0v) is 7.17. The van der Waals surface area contributed by atoms with Gasteiger partial charge in [0.2, 0.25) is 11.8 Å². The van der Waals surface area contributed by atoms with Crippen LogP contribution in [0, 0.1) is 0 Å². The minimum atomic E-state index is -0.773. The van der Waals surface area contributed by atoms with Crippen LogP contribution in [0.1, 0.15) is 0 Å². The van der Waals surface area contributed by atoms with Crippen LogP contribution in [0.25, 0.3) is 0 Å². The fraction of sp³-hybridized carbons (Fsp3) is 0.500. The third-order valence-corrected chi connectivity index (χ3v) is 1.89. The first-order chi connectivity index (χ1) is 5.52. The first kappa shape index (κ1) is 8.99. The molecule has 3 amide bonds. The van der Waals surface area contributed by atoms with Crippen LogP contribution in [-0.4, -0.2) is 47.1 Å². The molecular formula is C6H7ClN2O3. The molecule has 0 N–H and O–H groups in total. The molecule has 1 rings (SSSR count). The van der Waals surface area contributed by atoms with E-state index in [9.17, 15) is 14.4 Å². The second-order valence-electron chi connectivity index (χ2n) is 2.46. The van der Waals surface area contributed by atoms with Gasteiger partial charge in [0.15, 0.2) is 0 Å². The van der Waals surface area contributed by atoms with E-state index < -0.39 is 17.2 Å². The molecule has 1 aliphatic heterocycles. The average molecular weight is 191 g/mol. The Balaban J connectivity index is 2.72. The van der Waals surface area contributed by atoms with E-state index in [0.717, 1.165) is 9.80 Å². The molecule has 0 spiro atoms. The van der Waals surface area contributed by atoms with Gasteiger partial charge < -0.3 is 4.90 Å². The van der Waals surface area contributed by atoms with Crippen molar-refractivity contribution < 1.29 is 14.4 Å². The summed E-state index contributed by atoms with van der Waals surface area (Å²) >= 11 is 5.10. The van der Waals surface area contributed by atoms with E-state index in [0.29, 0.717) is 0 Å². The minimum absolute atomic E-state index is 0.120. The number of piperazine rings is 1. The Kier molecular flexibility index (Phi) is 2.32. The standard InChI is InChI=1S/C6H7ClN2O3/c1-8-4(10)2-9(6(7)12)3-5(8)11/h2-3H2,1H3. The van der Waals surface area contributed by atoms with Crippen LogP contribution in [0.15, 0.2) is 0 Å². The molecule has 1 fully saturated rings. The highest BCUT2D eigenvalue weighted by atomic mass is 35.5.